The Morgan fingerprint density at radius 1 is 1.40 bits per heavy atom. The van der Waals surface area contributed by atoms with Crippen LogP contribution in [0, 0.1) is 0 Å². The lowest BCUT2D eigenvalue weighted by Crippen LogP contribution is -2.33. The average Bonchev–Trinajstić information content (AvgIpc) is 2.87. The Kier molecular flexibility index (Phi) is 4.82. The van der Waals surface area contributed by atoms with E-state index in [0.717, 1.165) is 12.8 Å². The summed E-state index contributed by atoms with van der Waals surface area (Å²) in [4.78, 5) is 11.2. The van der Waals surface area contributed by atoms with Crippen LogP contribution in [-0.4, -0.2) is 38.5 Å². The lowest BCUT2D eigenvalue weighted by Gasteiger charge is -2.05. The molecule has 5 nitrogen and oxygen atoms in total. The van der Waals surface area contributed by atoms with Crippen molar-refractivity contribution in [1.29, 1.82) is 0 Å². The molecule has 1 saturated carbocycles. The van der Waals surface area contributed by atoms with Gasteiger partial charge in [-0.25, -0.2) is 13.1 Å². The van der Waals surface area contributed by atoms with E-state index in [1.807, 2.05) is 0 Å². The number of carbonyl (C=O) groups is 1. The van der Waals surface area contributed by atoms with Crippen molar-refractivity contribution < 1.29 is 13.2 Å². The highest BCUT2D eigenvalue weighted by Crippen LogP contribution is 2.18. The summed E-state index contributed by atoms with van der Waals surface area (Å²) in [6.45, 7) is 0.137. The topological polar surface area (TPSA) is 75.3 Å². The van der Waals surface area contributed by atoms with Gasteiger partial charge in [-0.1, -0.05) is 0 Å². The van der Waals surface area contributed by atoms with Crippen LogP contribution < -0.4 is 10.0 Å². The zero-order valence-electron chi connectivity index (χ0n) is 8.33. The fourth-order valence-electron chi connectivity index (χ4n) is 1.02. The van der Waals surface area contributed by atoms with Crippen LogP contribution in [0.25, 0.3) is 0 Å². The van der Waals surface area contributed by atoms with Crippen LogP contribution in [0.5, 0.6) is 0 Å². The molecule has 0 heterocycles. The average molecular weight is 255 g/mol. The molecule has 15 heavy (non-hydrogen) atoms. The van der Waals surface area contributed by atoms with E-state index in [2.05, 4.69) is 10.0 Å². The molecule has 88 valence electrons. The number of sulfonamides is 1. The Labute approximate surface area is 94.6 Å². The van der Waals surface area contributed by atoms with E-state index in [4.69, 9.17) is 11.6 Å². The quantitative estimate of drug-likeness (QED) is 0.619. The zero-order valence-corrected chi connectivity index (χ0v) is 9.90. The van der Waals surface area contributed by atoms with Crippen molar-refractivity contribution >= 4 is 27.5 Å². The predicted octanol–water partition coefficient (Wildman–Crippen LogP) is -0.187. The second-order valence-corrected chi connectivity index (χ2v) is 5.80. The van der Waals surface area contributed by atoms with E-state index in [-0.39, 0.29) is 30.5 Å². The summed E-state index contributed by atoms with van der Waals surface area (Å²) < 4.78 is 24.6. The minimum absolute atomic E-state index is 0.0591. The number of hydrogen-bond acceptors (Lipinski definition) is 3. The molecular formula is C8H15ClN2O3S. The molecule has 1 rings (SSSR count). The van der Waals surface area contributed by atoms with E-state index in [1.54, 1.807) is 0 Å². The molecule has 0 spiro atoms. The molecule has 0 aromatic heterocycles. The molecule has 0 bridgehead atoms. The van der Waals surface area contributed by atoms with Crippen LogP contribution in [-0.2, 0) is 14.8 Å². The fourth-order valence-corrected chi connectivity index (χ4v) is 2.39. The van der Waals surface area contributed by atoms with Gasteiger partial charge in [0.1, 0.15) is 0 Å². The maximum absolute atomic E-state index is 11.2. The van der Waals surface area contributed by atoms with E-state index in [1.165, 1.54) is 0 Å². The van der Waals surface area contributed by atoms with Crippen molar-refractivity contribution in [3.05, 3.63) is 0 Å². The molecule has 1 aliphatic rings. The summed E-state index contributed by atoms with van der Waals surface area (Å²) in [6.07, 6.45) is 2.24. The Balaban J connectivity index is 2.11. The maximum atomic E-state index is 11.2. The van der Waals surface area contributed by atoms with Gasteiger partial charge in [0, 0.05) is 24.9 Å². The summed E-state index contributed by atoms with van der Waals surface area (Å²) in [6, 6.07) is 0.317. The number of amides is 1. The highest BCUT2D eigenvalue weighted by molar-refractivity contribution is 7.89. The molecule has 0 aromatic rings. The van der Waals surface area contributed by atoms with Gasteiger partial charge in [-0.05, 0) is 12.8 Å². The minimum Gasteiger partial charge on any atom is -0.353 e. The molecule has 0 atom stereocenters. The molecule has 0 unspecified atom stereocenters. The molecule has 1 fully saturated rings. The second kappa shape index (κ2) is 5.67. The van der Waals surface area contributed by atoms with Crippen LogP contribution >= 0.6 is 11.6 Å². The Morgan fingerprint density at radius 2 is 2.07 bits per heavy atom. The van der Waals surface area contributed by atoms with Gasteiger partial charge in [-0.15, -0.1) is 11.6 Å². The SMILES string of the molecule is O=C(CCNS(=O)(=O)CCCl)NC1CC1. The molecule has 0 radical (unpaired) electrons. The van der Waals surface area contributed by atoms with Gasteiger partial charge in [0.05, 0.1) is 5.75 Å². The maximum Gasteiger partial charge on any atom is 0.221 e. The van der Waals surface area contributed by atoms with Crippen molar-refractivity contribution in [2.24, 2.45) is 0 Å². The normalized spacial score (nSPS) is 16.3. The van der Waals surface area contributed by atoms with Crippen LogP contribution in [0.2, 0.25) is 0 Å². The van der Waals surface area contributed by atoms with Gasteiger partial charge in [0.25, 0.3) is 0 Å². The van der Waals surface area contributed by atoms with E-state index < -0.39 is 10.0 Å². The monoisotopic (exact) mass is 254 g/mol. The number of nitrogens with one attached hydrogen (secondary N) is 2. The standard InChI is InChI=1S/C8H15ClN2O3S/c9-4-6-15(13,14)10-5-3-8(12)11-7-1-2-7/h7,10H,1-6H2,(H,11,12). The summed E-state index contributed by atoms with van der Waals surface area (Å²) in [5.41, 5.74) is 0. The van der Waals surface area contributed by atoms with Gasteiger partial charge in [-0.3, -0.25) is 4.79 Å². The minimum atomic E-state index is -3.30. The van der Waals surface area contributed by atoms with Crippen LogP contribution in [0.1, 0.15) is 19.3 Å². The lowest BCUT2D eigenvalue weighted by atomic mass is 10.4. The first-order chi connectivity index (χ1) is 7.03. The first kappa shape index (κ1) is 12.7. The zero-order chi connectivity index (χ0) is 11.3. The van der Waals surface area contributed by atoms with Crippen molar-refractivity contribution in [1.82, 2.24) is 10.0 Å². The van der Waals surface area contributed by atoms with E-state index >= 15 is 0 Å². The highest BCUT2D eigenvalue weighted by atomic mass is 35.5. The second-order valence-electron chi connectivity index (χ2n) is 3.49. The molecule has 0 aliphatic heterocycles. The summed E-state index contributed by atoms with van der Waals surface area (Å²) in [5.74, 6) is -0.159. The first-order valence-electron chi connectivity index (χ1n) is 4.86. The first-order valence-corrected chi connectivity index (χ1v) is 7.05. The van der Waals surface area contributed by atoms with E-state index in [9.17, 15) is 13.2 Å². The lowest BCUT2D eigenvalue weighted by molar-refractivity contribution is -0.121. The third-order valence-corrected chi connectivity index (χ3v) is 3.76. The molecule has 0 aromatic carbocycles. The van der Waals surface area contributed by atoms with Gasteiger partial charge >= 0.3 is 0 Å². The number of alkyl halides is 1. The van der Waals surface area contributed by atoms with Crippen molar-refractivity contribution in [2.45, 2.75) is 25.3 Å². The Hall–Kier alpha value is -0.330. The summed E-state index contributed by atoms with van der Waals surface area (Å²) >= 11 is 5.31. The number of hydrogen-bond donors (Lipinski definition) is 2. The van der Waals surface area contributed by atoms with Crippen LogP contribution in [0.15, 0.2) is 0 Å². The fraction of sp³-hybridized carbons (Fsp3) is 0.875. The van der Waals surface area contributed by atoms with Gasteiger partial charge in [-0.2, -0.15) is 0 Å². The number of rotatable bonds is 7. The smallest absolute Gasteiger partial charge is 0.221 e. The summed E-state index contributed by atoms with van der Waals surface area (Å²) in [5, 5.41) is 2.77. The highest BCUT2D eigenvalue weighted by Gasteiger charge is 2.22. The Bertz CT molecular complexity index is 314. The third kappa shape index (κ3) is 5.96. The predicted molar refractivity (Wildman–Crippen MR) is 58.3 cm³/mol. The molecular weight excluding hydrogens is 240 g/mol. The van der Waals surface area contributed by atoms with Crippen molar-refractivity contribution in [3.8, 4) is 0 Å². The summed E-state index contributed by atoms with van der Waals surface area (Å²) in [7, 11) is -3.30. The van der Waals surface area contributed by atoms with Crippen molar-refractivity contribution in [2.75, 3.05) is 18.2 Å². The number of halogens is 1. The third-order valence-electron chi connectivity index (χ3n) is 1.96. The van der Waals surface area contributed by atoms with Crippen LogP contribution in [0.4, 0.5) is 0 Å². The van der Waals surface area contributed by atoms with Gasteiger partial charge in [0.2, 0.25) is 15.9 Å². The van der Waals surface area contributed by atoms with Gasteiger partial charge in [0.15, 0.2) is 0 Å². The van der Waals surface area contributed by atoms with Gasteiger partial charge < -0.3 is 5.32 Å². The van der Waals surface area contributed by atoms with Crippen molar-refractivity contribution in [3.63, 3.8) is 0 Å². The van der Waals surface area contributed by atoms with Crippen LogP contribution in [0.3, 0.4) is 0 Å². The molecule has 1 aliphatic carbocycles. The number of carbonyl (C=O) groups excluding carboxylic acids is 1. The largest absolute Gasteiger partial charge is 0.353 e. The molecule has 1 amide bonds. The Morgan fingerprint density at radius 3 is 2.60 bits per heavy atom. The molecule has 0 saturated heterocycles. The molecule has 2 N–H and O–H groups in total. The van der Waals surface area contributed by atoms with E-state index in [0.29, 0.717) is 6.04 Å². The molecule has 7 heteroatoms.